The van der Waals surface area contributed by atoms with Crippen LogP contribution >= 0.6 is 0 Å². The highest BCUT2D eigenvalue weighted by molar-refractivity contribution is 6.02. The van der Waals surface area contributed by atoms with Crippen molar-refractivity contribution in [3.05, 3.63) is 46.8 Å². The second-order valence-electron chi connectivity index (χ2n) is 6.72. The van der Waals surface area contributed by atoms with Gasteiger partial charge in [0.1, 0.15) is 0 Å². The van der Waals surface area contributed by atoms with E-state index >= 15 is 0 Å². The van der Waals surface area contributed by atoms with Gasteiger partial charge in [0, 0.05) is 24.7 Å². The Bertz CT molecular complexity index is 859. The lowest BCUT2D eigenvalue weighted by molar-refractivity contribution is -0.171. The van der Waals surface area contributed by atoms with Crippen LogP contribution < -0.4 is 0 Å². The molecule has 0 radical (unpaired) electrons. The topological polar surface area (TPSA) is 78.4 Å². The molecule has 0 unspecified atom stereocenters. The Labute approximate surface area is 158 Å². The highest BCUT2D eigenvalue weighted by atomic mass is 16.6. The summed E-state index contributed by atoms with van der Waals surface area (Å²) in [6.45, 7) is 7.77. The average Bonchev–Trinajstić information content (AvgIpc) is 3.08. The number of nitrogens with zero attached hydrogens (tertiary/aromatic N) is 2. The molecule has 142 valence electrons. The molecular formula is C21H24N2O4. The van der Waals surface area contributed by atoms with E-state index in [-0.39, 0.29) is 26.1 Å². The fourth-order valence-electron chi connectivity index (χ4n) is 3.63. The first-order chi connectivity index (χ1) is 12.9. The second-order valence-corrected chi connectivity index (χ2v) is 6.72. The number of pyridine rings is 2. The number of fused-ring (bicyclic) bond motifs is 1. The highest BCUT2D eigenvalue weighted by Crippen LogP contribution is 2.44. The molecule has 6 heteroatoms. The number of aryl methyl sites for hydroxylation is 1. The summed E-state index contributed by atoms with van der Waals surface area (Å²) in [6, 6.07) is 5.61. The molecular weight excluding hydrogens is 344 g/mol. The van der Waals surface area contributed by atoms with Crippen LogP contribution in [0.5, 0.6) is 0 Å². The van der Waals surface area contributed by atoms with Crippen LogP contribution in [0.25, 0.3) is 11.4 Å². The standard InChI is InChI=1S/C21H24N2O4/c1-5-26-19(24)21(20(25)27-6-2)11-15-13(3)14(4)23-18(16(15)12-21)17-9-7-8-10-22-17/h7-10H,5-6,11-12H2,1-4H3. The van der Waals surface area contributed by atoms with Crippen LogP contribution in [-0.4, -0.2) is 35.1 Å². The van der Waals surface area contributed by atoms with Crippen molar-refractivity contribution in [2.24, 2.45) is 5.41 Å². The van der Waals surface area contributed by atoms with Gasteiger partial charge in [-0.25, -0.2) is 0 Å². The molecule has 6 nitrogen and oxygen atoms in total. The maximum atomic E-state index is 12.8. The minimum absolute atomic E-state index is 0.208. The Morgan fingerprint density at radius 3 is 2.22 bits per heavy atom. The average molecular weight is 368 g/mol. The van der Waals surface area contributed by atoms with Crippen molar-refractivity contribution in [1.29, 1.82) is 0 Å². The fourth-order valence-corrected chi connectivity index (χ4v) is 3.63. The molecule has 1 aliphatic carbocycles. The van der Waals surface area contributed by atoms with E-state index in [1.807, 2.05) is 32.0 Å². The zero-order valence-electron chi connectivity index (χ0n) is 16.2. The van der Waals surface area contributed by atoms with Gasteiger partial charge in [-0.15, -0.1) is 0 Å². The maximum Gasteiger partial charge on any atom is 0.324 e. The normalized spacial score (nSPS) is 14.5. The third-order valence-corrected chi connectivity index (χ3v) is 5.12. The number of carbonyl (C=O) groups excluding carboxylic acids is 2. The van der Waals surface area contributed by atoms with E-state index in [1.54, 1.807) is 20.0 Å². The summed E-state index contributed by atoms with van der Waals surface area (Å²) in [5.74, 6) is -1.08. The summed E-state index contributed by atoms with van der Waals surface area (Å²) in [6.07, 6.45) is 2.17. The van der Waals surface area contributed by atoms with Crippen LogP contribution in [0.4, 0.5) is 0 Å². The van der Waals surface area contributed by atoms with Gasteiger partial charge in [0.15, 0.2) is 5.41 Å². The van der Waals surface area contributed by atoms with E-state index < -0.39 is 17.4 Å². The van der Waals surface area contributed by atoms with Crippen LogP contribution in [0.1, 0.15) is 36.2 Å². The Hall–Kier alpha value is -2.76. The lowest BCUT2D eigenvalue weighted by atomic mass is 9.84. The lowest BCUT2D eigenvalue weighted by Gasteiger charge is -2.24. The SMILES string of the molecule is CCOC(=O)C1(C(=O)OCC)Cc2c(-c3ccccn3)nc(C)c(C)c2C1. The number of esters is 2. The molecule has 0 bridgehead atoms. The van der Waals surface area contributed by atoms with Gasteiger partial charge < -0.3 is 9.47 Å². The zero-order valence-corrected chi connectivity index (χ0v) is 16.2. The van der Waals surface area contributed by atoms with Crippen molar-refractivity contribution >= 4 is 11.9 Å². The summed E-state index contributed by atoms with van der Waals surface area (Å²) < 4.78 is 10.5. The van der Waals surface area contributed by atoms with Crippen LogP contribution in [0.15, 0.2) is 24.4 Å². The number of rotatable bonds is 5. The van der Waals surface area contributed by atoms with E-state index in [0.717, 1.165) is 28.1 Å². The number of ether oxygens (including phenoxy) is 2. The Kier molecular flexibility index (Phi) is 5.26. The van der Waals surface area contributed by atoms with Gasteiger partial charge in [-0.2, -0.15) is 0 Å². The molecule has 0 amide bonds. The molecule has 27 heavy (non-hydrogen) atoms. The first-order valence-electron chi connectivity index (χ1n) is 9.19. The third kappa shape index (κ3) is 3.20. The van der Waals surface area contributed by atoms with Crippen LogP contribution in [0, 0.1) is 19.3 Å². The molecule has 0 fully saturated rings. The van der Waals surface area contributed by atoms with Gasteiger partial charge >= 0.3 is 11.9 Å². The first kappa shape index (κ1) is 19.0. The number of hydrogen-bond acceptors (Lipinski definition) is 6. The highest BCUT2D eigenvalue weighted by Gasteiger charge is 2.54. The Morgan fingerprint density at radius 2 is 1.67 bits per heavy atom. The Morgan fingerprint density at radius 1 is 1.04 bits per heavy atom. The number of hydrogen-bond donors (Lipinski definition) is 0. The molecule has 0 atom stereocenters. The van der Waals surface area contributed by atoms with E-state index in [1.165, 1.54) is 0 Å². The maximum absolute atomic E-state index is 12.8. The molecule has 0 aromatic carbocycles. The molecule has 2 aromatic rings. The van der Waals surface area contributed by atoms with Crippen molar-refractivity contribution < 1.29 is 19.1 Å². The van der Waals surface area contributed by atoms with Crippen molar-refractivity contribution in [2.45, 2.75) is 40.5 Å². The monoisotopic (exact) mass is 368 g/mol. The molecule has 0 N–H and O–H groups in total. The zero-order chi connectivity index (χ0) is 19.6. The van der Waals surface area contributed by atoms with Gasteiger partial charge in [0.05, 0.1) is 24.6 Å². The van der Waals surface area contributed by atoms with E-state index in [9.17, 15) is 9.59 Å². The predicted molar refractivity (Wildman–Crippen MR) is 100 cm³/mol. The molecule has 0 saturated heterocycles. The fraction of sp³-hybridized carbons (Fsp3) is 0.429. The van der Waals surface area contributed by atoms with Gasteiger partial charge in [-0.1, -0.05) is 6.07 Å². The molecule has 2 heterocycles. The second kappa shape index (κ2) is 7.47. The number of aromatic nitrogens is 2. The summed E-state index contributed by atoms with van der Waals surface area (Å²) in [5, 5.41) is 0. The van der Waals surface area contributed by atoms with Crippen molar-refractivity contribution in [2.75, 3.05) is 13.2 Å². The van der Waals surface area contributed by atoms with Crippen molar-refractivity contribution in [1.82, 2.24) is 9.97 Å². The van der Waals surface area contributed by atoms with E-state index in [2.05, 4.69) is 4.98 Å². The molecule has 0 spiro atoms. The first-order valence-corrected chi connectivity index (χ1v) is 9.19. The van der Waals surface area contributed by atoms with Crippen LogP contribution in [-0.2, 0) is 31.9 Å². The van der Waals surface area contributed by atoms with Gasteiger partial charge in [-0.3, -0.25) is 19.6 Å². The van der Waals surface area contributed by atoms with Gasteiger partial charge in [0.2, 0.25) is 0 Å². The summed E-state index contributed by atoms with van der Waals surface area (Å²) in [5.41, 5.74) is 3.75. The molecule has 2 aromatic heterocycles. The van der Waals surface area contributed by atoms with Crippen LogP contribution in [0.2, 0.25) is 0 Å². The molecule has 1 aliphatic rings. The minimum Gasteiger partial charge on any atom is -0.465 e. The quantitative estimate of drug-likeness (QED) is 0.596. The van der Waals surface area contributed by atoms with Crippen molar-refractivity contribution in [3.63, 3.8) is 0 Å². The van der Waals surface area contributed by atoms with E-state index in [0.29, 0.717) is 5.69 Å². The Balaban J connectivity index is 2.16. The van der Waals surface area contributed by atoms with E-state index in [4.69, 9.17) is 14.5 Å². The van der Waals surface area contributed by atoms with Crippen LogP contribution in [0.3, 0.4) is 0 Å². The third-order valence-electron chi connectivity index (χ3n) is 5.12. The lowest BCUT2D eigenvalue weighted by Crippen LogP contribution is -2.43. The minimum atomic E-state index is -1.36. The summed E-state index contributed by atoms with van der Waals surface area (Å²) in [4.78, 5) is 34.8. The molecule has 0 aliphatic heterocycles. The predicted octanol–water partition coefficient (Wildman–Crippen LogP) is 2.97. The van der Waals surface area contributed by atoms with Gasteiger partial charge in [0.25, 0.3) is 0 Å². The smallest absolute Gasteiger partial charge is 0.324 e. The van der Waals surface area contributed by atoms with Gasteiger partial charge in [-0.05, 0) is 56.5 Å². The molecule has 3 rings (SSSR count). The summed E-state index contributed by atoms with van der Waals surface area (Å²) >= 11 is 0. The summed E-state index contributed by atoms with van der Waals surface area (Å²) in [7, 11) is 0. The largest absolute Gasteiger partial charge is 0.465 e. The number of carbonyl (C=O) groups is 2. The van der Waals surface area contributed by atoms with Crippen molar-refractivity contribution in [3.8, 4) is 11.4 Å². The molecule has 0 saturated carbocycles.